The molecular formula is C15H16O3. The molecule has 0 amide bonds. The maximum atomic E-state index is 5.45. The Hall–Kier alpha value is -2.16. The second-order valence-corrected chi connectivity index (χ2v) is 3.83. The summed E-state index contributed by atoms with van der Waals surface area (Å²) in [4.78, 5) is 0. The molecule has 0 saturated carbocycles. The fourth-order valence-electron chi connectivity index (χ4n) is 2.01. The first-order chi connectivity index (χ1) is 8.74. The standard InChI is InChI=1S/C15H16O3/c1-5-10-6-7-11-9-13(16-2)15(18-4)14(17-3)12(11)8-10/h5-9H,1H2,2-4H3. The minimum absolute atomic E-state index is 0.605. The highest BCUT2D eigenvalue weighted by molar-refractivity contribution is 5.94. The summed E-state index contributed by atoms with van der Waals surface area (Å²) in [6.45, 7) is 3.77. The molecule has 2 aromatic carbocycles. The molecule has 0 fully saturated rings. The van der Waals surface area contributed by atoms with Gasteiger partial charge in [-0.05, 0) is 23.1 Å². The van der Waals surface area contributed by atoms with Crippen LogP contribution in [0.3, 0.4) is 0 Å². The summed E-state index contributed by atoms with van der Waals surface area (Å²) >= 11 is 0. The molecule has 3 heteroatoms. The van der Waals surface area contributed by atoms with E-state index in [-0.39, 0.29) is 0 Å². The van der Waals surface area contributed by atoms with E-state index in [4.69, 9.17) is 14.2 Å². The summed E-state index contributed by atoms with van der Waals surface area (Å²) in [5, 5.41) is 2.02. The van der Waals surface area contributed by atoms with Gasteiger partial charge in [0.2, 0.25) is 5.75 Å². The van der Waals surface area contributed by atoms with E-state index in [1.54, 1.807) is 27.4 Å². The molecule has 0 aromatic heterocycles. The topological polar surface area (TPSA) is 27.7 Å². The van der Waals surface area contributed by atoms with Gasteiger partial charge >= 0.3 is 0 Å². The predicted octanol–water partition coefficient (Wildman–Crippen LogP) is 3.51. The van der Waals surface area contributed by atoms with Gasteiger partial charge in [0.25, 0.3) is 0 Å². The molecule has 0 bridgehead atoms. The Morgan fingerprint density at radius 3 is 2.22 bits per heavy atom. The van der Waals surface area contributed by atoms with Crippen molar-refractivity contribution in [1.29, 1.82) is 0 Å². The average Bonchev–Trinajstić information content (AvgIpc) is 2.44. The van der Waals surface area contributed by atoms with Gasteiger partial charge in [0, 0.05) is 5.39 Å². The molecule has 2 aromatic rings. The number of benzene rings is 2. The summed E-state index contributed by atoms with van der Waals surface area (Å²) in [5.74, 6) is 1.94. The van der Waals surface area contributed by atoms with Gasteiger partial charge in [0.15, 0.2) is 11.5 Å². The van der Waals surface area contributed by atoms with Gasteiger partial charge in [0.05, 0.1) is 21.3 Å². The highest BCUT2D eigenvalue weighted by atomic mass is 16.5. The second-order valence-electron chi connectivity index (χ2n) is 3.83. The van der Waals surface area contributed by atoms with E-state index in [0.717, 1.165) is 16.3 Å². The lowest BCUT2D eigenvalue weighted by Crippen LogP contribution is -1.96. The van der Waals surface area contributed by atoms with Crippen molar-refractivity contribution < 1.29 is 14.2 Å². The van der Waals surface area contributed by atoms with Crippen molar-refractivity contribution in [2.24, 2.45) is 0 Å². The normalized spacial score (nSPS) is 10.2. The predicted molar refractivity (Wildman–Crippen MR) is 73.7 cm³/mol. The van der Waals surface area contributed by atoms with E-state index in [2.05, 4.69) is 6.58 Å². The van der Waals surface area contributed by atoms with E-state index < -0.39 is 0 Å². The zero-order chi connectivity index (χ0) is 13.1. The second kappa shape index (κ2) is 5.00. The van der Waals surface area contributed by atoms with Gasteiger partial charge in [0.1, 0.15) is 0 Å². The summed E-state index contributed by atoms with van der Waals surface area (Å²) in [5.41, 5.74) is 1.04. The maximum absolute atomic E-state index is 5.45. The first-order valence-electron chi connectivity index (χ1n) is 5.60. The summed E-state index contributed by atoms with van der Waals surface area (Å²) in [6, 6.07) is 7.96. The number of hydrogen-bond acceptors (Lipinski definition) is 3. The SMILES string of the molecule is C=Cc1ccc2cc(OC)c(OC)c(OC)c2c1. The van der Waals surface area contributed by atoms with Crippen LogP contribution in [0.15, 0.2) is 30.8 Å². The Labute approximate surface area is 107 Å². The number of methoxy groups -OCH3 is 3. The minimum Gasteiger partial charge on any atom is -0.493 e. The van der Waals surface area contributed by atoms with Crippen molar-refractivity contribution in [3.63, 3.8) is 0 Å². The van der Waals surface area contributed by atoms with Crippen molar-refractivity contribution in [1.82, 2.24) is 0 Å². The highest BCUT2D eigenvalue weighted by Crippen LogP contribution is 2.43. The zero-order valence-corrected chi connectivity index (χ0v) is 10.8. The molecule has 0 N–H and O–H groups in total. The molecule has 0 aliphatic carbocycles. The van der Waals surface area contributed by atoms with Gasteiger partial charge in [-0.25, -0.2) is 0 Å². The molecule has 94 valence electrons. The quantitative estimate of drug-likeness (QED) is 0.823. The smallest absolute Gasteiger partial charge is 0.203 e. The molecule has 3 nitrogen and oxygen atoms in total. The molecular weight excluding hydrogens is 228 g/mol. The molecule has 2 rings (SSSR count). The molecule has 0 saturated heterocycles. The fourth-order valence-corrected chi connectivity index (χ4v) is 2.01. The van der Waals surface area contributed by atoms with Crippen molar-refractivity contribution in [2.75, 3.05) is 21.3 Å². The lowest BCUT2D eigenvalue weighted by atomic mass is 10.0. The van der Waals surface area contributed by atoms with Gasteiger partial charge < -0.3 is 14.2 Å². The van der Waals surface area contributed by atoms with E-state index in [1.165, 1.54) is 0 Å². The first-order valence-corrected chi connectivity index (χ1v) is 5.60. The molecule has 0 spiro atoms. The van der Waals surface area contributed by atoms with Crippen LogP contribution in [0.1, 0.15) is 5.56 Å². The molecule has 0 heterocycles. The Balaban J connectivity index is 2.83. The summed E-state index contributed by atoms with van der Waals surface area (Å²) < 4.78 is 16.1. The van der Waals surface area contributed by atoms with E-state index in [1.807, 2.05) is 24.3 Å². The largest absolute Gasteiger partial charge is 0.493 e. The molecule has 0 atom stereocenters. The van der Waals surface area contributed by atoms with Crippen molar-refractivity contribution in [3.8, 4) is 17.2 Å². The Bertz CT molecular complexity index is 588. The Morgan fingerprint density at radius 2 is 1.67 bits per heavy atom. The lowest BCUT2D eigenvalue weighted by molar-refractivity contribution is 0.327. The Morgan fingerprint density at radius 1 is 0.944 bits per heavy atom. The molecule has 18 heavy (non-hydrogen) atoms. The minimum atomic E-state index is 0.605. The summed E-state index contributed by atoms with van der Waals surface area (Å²) in [6.07, 6.45) is 1.80. The van der Waals surface area contributed by atoms with Crippen LogP contribution in [-0.2, 0) is 0 Å². The molecule has 0 aliphatic rings. The van der Waals surface area contributed by atoms with Crippen molar-refractivity contribution in [3.05, 3.63) is 36.4 Å². The fraction of sp³-hybridized carbons (Fsp3) is 0.200. The molecule has 0 unspecified atom stereocenters. The third-order valence-corrected chi connectivity index (χ3v) is 2.90. The summed E-state index contributed by atoms with van der Waals surface area (Å²) in [7, 11) is 4.84. The molecule has 0 aliphatic heterocycles. The Kier molecular flexibility index (Phi) is 3.42. The third kappa shape index (κ3) is 1.88. The number of ether oxygens (including phenoxy) is 3. The van der Waals surface area contributed by atoms with Gasteiger partial charge in [-0.3, -0.25) is 0 Å². The number of fused-ring (bicyclic) bond motifs is 1. The van der Waals surface area contributed by atoms with Crippen LogP contribution in [0.2, 0.25) is 0 Å². The van der Waals surface area contributed by atoms with E-state index >= 15 is 0 Å². The monoisotopic (exact) mass is 244 g/mol. The highest BCUT2D eigenvalue weighted by Gasteiger charge is 2.15. The van der Waals surface area contributed by atoms with Crippen LogP contribution in [0, 0.1) is 0 Å². The van der Waals surface area contributed by atoms with Crippen LogP contribution >= 0.6 is 0 Å². The van der Waals surface area contributed by atoms with E-state index in [0.29, 0.717) is 17.2 Å². The molecule has 0 radical (unpaired) electrons. The van der Waals surface area contributed by atoms with Crippen LogP contribution in [0.5, 0.6) is 17.2 Å². The lowest BCUT2D eigenvalue weighted by Gasteiger charge is -2.15. The third-order valence-electron chi connectivity index (χ3n) is 2.90. The van der Waals surface area contributed by atoms with Crippen LogP contribution in [-0.4, -0.2) is 21.3 Å². The van der Waals surface area contributed by atoms with E-state index in [9.17, 15) is 0 Å². The van der Waals surface area contributed by atoms with Crippen molar-refractivity contribution >= 4 is 16.8 Å². The van der Waals surface area contributed by atoms with Crippen molar-refractivity contribution in [2.45, 2.75) is 0 Å². The zero-order valence-electron chi connectivity index (χ0n) is 10.8. The van der Waals surface area contributed by atoms with Crippen LogP contribution in [0.4, 0.5) is 0 Å². The van der Waals surface area contributed by atoms with Crippen LogP contribution < -0.4 is 14.2 Å². The average molecular weight is 244 g/mol. The number of rotatable bonds is 4. The van der Waals surface area contributed by atoms with Crippen LogP contribution in [0.25, 0.3) is 16.8 Å². The first kappa shape index (κ1) is 12.3. The maximum Gasteiger partial charge on any atom is 0.203 e. The van der Waals surface area contributed by atoms with Gasteiger partial charge in [-0.1, -0.05) is 24.8 Å². The van der Waals surface area contributed by atoms with Gasteiger partial charge in [-0.2, -0.15) is 0 Å². The van der Waals surface area contributed by atoms with Gasteiger partial charge in [-0.15, -0.1) is 0 Å². The number of hydrogen-bond donors (Lipinski definition) is 0.